The van der Waals surface area contributed by atoms with Crippen molar-refractivity contribution in [2.45, 2.75) is 50.9 Å². The molecule has 1 heterocycles. The highest BCUT2D eigenvalue weighted by Gasteiger charge is 2.34. The molecule has 7 nitrogen and oxygen atoms in total. The van der Waals surface area contributed by atoms with Crippen LogP contribution in [0.15, 0.2) is 66.7 Å². The maximum atomic E-state index is 13.5. The summed E-state index contributed by atoms with van der Waals surface area (Å²) in [5.74, 6) is -1.49. The quantitative estimate of drug-likeness (QED) is 0.483. The Morgan fingerprint density at radius 3 is 2.43 bits per heavy atom. The summed E-state index contributed by atoms with van der Waals surface area (Å²) < 4.78 is 5.78. The second-order valence-electron chi connectivity index (χ2n) is 8.81. The maximum absolute atomic E-state index is 13.5. The molecule has 0 saturated heterocycles. The zero-order chi connectivity index (χ0) is 25.4. The molecule has 2 aromatic rings. The van der Waals surface area contributed by atoms with Gasteiger partial charge in [0.25, 0.3) is 0 Å². The molecule has 0 bridgehead atoms. The number of likely N-dealkylation sites (N-methyl/N-ethyl adjacent to an activating group) is 1. The minimum atomic E-state index is -0.814. The number of rotatable bonds is 5. The minimum Gasteiger partial charge on any atom is -0.454 e. The Morgan fingerprint density at radius 2 is 1.74 bits per heavy atom. The van der Waals surface area contributed by atoms with Gasteiger partial charge in [-0.25, -0.2) is 0 Å². The van der Waals surface area contributed by atoms with E-state index in [1.165, 1.54) is 0 Å². The summed E-state index contributed by atoms with van der Waals surface area (Å²) in [6.07, 6.45) is 3.56. The summed E-state index contributed by atoms with van der Waals surface area (Å²) in [5, 5.41) is 3.51. The Bertz CT molecular complexity index is 1040. The fraction of sp³-hybridized carbons (Fsp3) is 0.370. The molecule has 186 valence electrons. The van der Waals surface area contributed by atoms with Crippen LogP contribution in [0.2, 0.25) is 5.02 Å². The molecule has 2 amide bonds. The zero-order valence-corrected chi connectivity index (χ0v) is 20.8. The zero-order valence-electron chi connectivity index (χ0n) is 20.0. The molecule has 0 saturated carbocycles. The number of cyclic esters (lactones) is 1. The van der Waals surface area contributed by atoms with Gasteiger partial charge in [-0.05, 0) is 43.0 Å². The van der Waals surface area contributed by atoms with E-state index in [-0.39, 0.29) is 24.7 Å². The first-order valence-corrected chi connectivity index (χ1v) is 12.1. The normalized spacial score (nSPS) is 24.6. The summed E-state index contributed by atoms with van der Waals surface area (Å²) >= 11 is 5.92. The number of hydrogen-bond acceptors (Lipinski definition) is 5. The Kier molecular flexibility index (Phi) is 9.46. The van der Waals surface area contributed by atoms with Crippen LogP contribution in [0.3, 0.4) is 0 Å². The Labute approximate surface area is 211 Å². The predicted octanol–water partition coefficient (Wildman–Crippen LogP) is 3.77. The van der Waals surface area contributed by atoms with Crippen LogP contribution >= 0.6 is 11.6 Å². The first kappa shape index (κ1) is 26.4. The smallest absolute Gasteiger partial charge is 0.323 e. The van der Waals surface area contributed by atoms with Crippen molar-refractivity contribution in [1.82, 2.24) is 10.2 Å². The van der Waals surface area contributed by atoms with E-state index in [9.17, 15) is 14.4 Å². The summed E-state index contributed by atoms with van der Waals surface area (Å²) in [4.78, 5) is 40.4. The van der Waals surface area contributed by atoms with Crippen molar-refractivity contribution < 1.29 is 19.1 Å². The second-order valence-corrected chi connectivity index (χ2v) is 9.25. The van der Waals surface area contributed by atoms with E-state index in [0.717, 1.165) is 11.1 Å². The molecule has 0 aromatic heterocycles. The van der Waals surface area contributed by atoms with Gasteiger partial charge in [0, 0.05) is 25.0 Å². The van der Waals surface area contributed by atoms with E-state index in [4.69, 9.17) is 22.1 Å². The number of nitrogens with zero attached hydrogens (tertiary/aromatic N) is 1. The third-order valence-electron chi connectivity index (χ3n) is 6.23. The highest BCUT2D eigenvalue weighted by Crippen LogP contribution is 2.27. The Balaban J connectivity index is 1.77. The van der Waals surface area contributed by atoms with Crippen molar-refractivity contribution in [2.24, 2.45) is 11.7 Å². The van der Waals surface area contributed by atoms with Gasteiger partial charge >= 0.3 is 5.97 Å². The fourth-order valence-electron chi connectivity index (χ4n) is 3.96. The molecular formula is C27H32ClN3O4. The number of halogens is 1. The number of ether oxygens (including phenoxy) is 1. The largest absolute Gasteiger partial charge is 0.454 e. The van der Waals surface area contributed by atoms with Crippen molar-refractivity contribution >= 4 is 29.4 Å². The molecular weight excluding hydrogens is 466 g/mol. The molecule has 1 aliphatic heterocycles. The van der Waals surface area contributed by atoms with Gasteiger partial charge in [0.15, 0.2) is 0 Å². The number of allylic oxidation sites excluding steroid dienone is 1. The lowest BCUT2D eigenvalue weighted by molar-refractivity contribution is -0.157. The van der Waals surface area contributed by atoms with Crippen LogP contribution in [-0.2, 0) is 25.7 Å². The lowest BCUT2D eigenvalue weighted by Crippen LogP contribution is -2.45. The summed E-state index contributed by atoms with van der Waals surface area (Å²) in [5.41, 5.74) is 7.73. The lowest BCUT2D eigenvalue weighted by atomic mass is 9.95. The van der Waals surface area contributed by atoms with Gasteiger partial charge in [0.2, 0.25) is 11.8 Å². The van der Waals surface area contributed by atoms with Crippen LogP contribution < -0.4 is 11.1 Å². The molecule has 0 aliphatic carbocycles. The molecule has 35 heavy (non-hydrogen) atoms. The highest BCUT2D eigenvalue weighted by atomic mass is 35.5. The van der Waals surface area contributed by atoms with Crippen molar-refractivity contribution in [3.05, 3.63) is 82.9 Å². The van der Waals surface area contributed by atoms with Gasteiger partial charge in [-0.3, -0.25) is 14.4 Å². The first-order valence-electron chi connectivity index (χ1n) is 11.7. The molecule has 0 unspecified atom stereocenters. The van der Waals surface area contributed by atoms with Crippen LogP contribution in [0.5, 0.6) is 0 Å². The Morgan fingerprint density at radius 1 is 1.09 bits per heavy atom. The number of esters is 1. The van der Waals surface area contributed by atoms with E-state index < -0.39 is 30.1 Å². The maximum Gasteiger partial charge on any atom is 0.323 e. The number of nitrogens with two attached hydrogens (primary N) is 1. The van der Waals surface area contributed by atoms with Crippen LogP contribution in [0.4, 0.5) is 0 Å². The highest BCUT2D eigenvalue weighted by molar-refractivity contribution is 6.30. The van der Waals surface area contributed by atoms with E-state index in [1.54, 1.807) is 36.2 Å². The molecule has 4 atom stereocenters. The molecule has 0 spiro atoms. The second kappa shape index (κ2) is 12.5. The monoisotopic (exact) mass is 497 g/mol. The number of carbonyl (C=O) groups is 3. The first-order chi connectivity index (χ1) is 16.8. The molecule has 1 aliphatic rings. The van der Waals surface area contributed by atoms with Crippen LogP contribution in [0.1, 0.15) is 43.4 Å². The minimum absolute atomic E-state index is 0.0374. The lowest BCUT2D eigenvalue weighted by Gasteiger charge is -2.34. The van der Waals surface area contributed by atoms with Crippen LogP contribution in [0, 0.1) is 5.92 Å². The summed E-state index contributed by atoms with van der Waals surface area (Å²) in [6, 6.07) is 15.2. The Hall–Kier alpha value is -3.16. The molecule has 3 rings (SSSR count). The average molecular weight is 498 g/mol. The SMILES string of the molecule is C[C@H]1[C@@H](c2ccccc2)OC(=O)[C@@H](N)C/C=C/C[C@@H](CC(=O)NCc2ccc(Cl)cc2)C(=O)N1C. The number of hydrogen-bond donors (Lipinski definition) is 2. The van der Waals surface area contributed by atoms with Gasteiger partial charge < -0.3 is 20.7 Å². The van der Waals surface area contributed by atoms with E-state index in [0.29, 0.717) is 18.0 Å². The standard InChI is InChI=1S/C27H32ClN3O4/c1-18-25(20-8-4-3-5-9-20)35-27(34)23(29)11-7-6-10-21(26(33)31(18)2)16-24(32)30-17-19-12-14-22(28)15-13-19/h3-9,12-15,18,21,23,25H,10-11,16-17,29H2,1-2H3,(H,30,32)/b7-6+/t18-,21-,23-,25-/m0/s1. The third kappa shape index (κ3) is 7.41. The van der Waals surface area contributed by atoms with Gasteiger partial charge in [0.05, 0.1) is 12.0 Å². The van der Waals surface area contributed by atoms with E-state index >= 15 is 0 Å². The number of benzene rings is 2. The number of amides is 2. The van der Waals surface area contributed by atoms with E-state index in [1.807, 2.05) is 49.4 Å². The summed E-state index contributed by atoms with van der Waals surface area (Å²) in [6.45, 7) is 2.17. The number of nitrogens with one attached hydrogen (secondary N) is 1. The predicted molar refractivity (Wildman–Crippen MR) is 135 cm³/mol. The van der Waals surface area contributed by atoms with Crippen molar-refractivity contribution in [2.75, 3.05) is 7.05 Å². The molecule has 2 aromatic carbocycles. The van der Waals surface area contributed by atoms with Crippen molar-refractivity contribution in [3.63, 3.8) is 0 Å². The molecule has 0 radical (unpaired) electrons. The topological polar surface area (TPSA) is 102 Å². The fourth-order valence-corrected chi connectivity index (χ4v) is 4.09. The van der Waals surface area contributed by atoms with Gasteiger partial charge in [0.1, 0.15) is 12.1 Å². The van der Waals surface area contributed by atoms with Gasteiger partial charge in [-0.2, -0.15) is 0 Å². The van der Waals surface area contributed by atoms with Crippen molar-refractivity contribution in [1.29, 1.82) is 0 Å². The third-order valence-corrected chi connectivity index (χ3v) is 6.48. The average Bonchev–Trinajstić information content (AvgIpc) is 2.87. The van der Waals surface area contributed by atoms with E-state index in [2.05, 4.69) is 5.32 Å². The molecule has 3 N–H and O–H groups in total. The van der Waals surface area contributed by atoms with Crippen LogP contribution in [-0.4, -0.2) is 41.8 Å². The van der Waals surface area contributed by atoms with Gasteiger partial charge in [-0.1, -0.05) is 66.2 Å². The van der Waals surface area contributed by atoms with Crippen molar-refractivity contribution in [3.8, 4) is 0 Å². The molecule has 8 heteroatoms. The number of carbonyl (C=O) groups excluding carboxylic acids is 3. The summed E-state index contributed by atoms with van der Waals surface area (Å²) in [7, 11) is 1.67. The molecule has 0 fully saturated rings. The van der Waals surface area contributed by atoms with Crippen LogP contribution in [0.25, 0.3) is 0 Å². The van der Waals surface area contributed by atoms with Gasteiger partial charge in [-0.15, -0.1) is 0 Å².